The van der Waals surface area contributed by atoms with Gasteiger partial charge in [-0.25, -0.2) is 13.1 Å². The zero-order chi connectivity index (χ0) is 9.61. The normalized spacial score (nSPS) is 14.6. The van der Waals surface area contributed by atoms with Crippen molar-refractivity contribution in [1.82, 2.24) is 4.72 Å². The molecular weight excluding hydrogens is 202 g/mol. The lowest BCUT2D eigenvalue weighted by atomic mass is 10.3. The summed E-state index contributed by atoms with van der Waals surface area (Å²) in [6.07, 6.45) is 0.567. The van der Waals surface area contributed by atoms with Gasteiger partial charge in [-0.3, -0.25) is 0 Å². The molecule has 74 valence electrons. The molecule has 0 radical (unpaired) electrons. The molecule has 0 aliphatic heterocycles. The Kier molecular flexibility index (Phi) is 5.82. The smallest absolute Gasteiger partial charge is 0.213 e. The number of aliphatic hydroxyl groups excluding tert-OH is 1. The van der Waals surface area contributed by atoms with Crippen LogP contribution < -0.4 is 4.72 Å². The number of hydrogen-bond donors (Lipinski definition) is 2. The van der Waals surface area contributed by atoms with E-state index >= 15 is 0 Å². The predicted octanol–water partition coefficient (Wildman–Crippen LogP) is -0.0845. The molecule has 0 rings (SSSR count). The fourth-order valence-corrected chi connectivity index (χ4v) is 2.34. The molecule has 4 nitrogen and oxygen atoms in total. The van der Waals surface area contributed by atoms with E-state index in [0.717, 1.165) is 0 Å². The van der Waals surface area contributed by atoms with Gasteiger partial charge in [-0.1, -0.05) is 6.92 Å². The molecule has 0 aromatic rings. The van der Waals surface area contributed by atoms with E-state index in [0.29, 0.717) is 6.42 Å². The van der Waals surface area contributed by atoms with Gasteiger partial charge < -0.3 is 5.11 Å². The van der Waals surface area contributed by atoms with Gasteiger partial charge in [0.05, 0.1) is 12.4 Å². The average Bonchev–Trinajstić information content (AvgIpc) is 2.00. The van der Waals surface area contributed by atoms with Crippen LogP contribution in [-0.4, -0.2) is 37.8 Å². The third-order valence-corrected chi connectivity index (χ3v) is 3.25. The summed E-state index contributed by atoms with van der Waals surface area (Å²) in [5.41, 5.74) is 0. The molecule has 0 unspecified atom stereocenters. The quantitative estimate of drug-likeness (QED) is 0.609. The van der Waals surface area contributed by atoms with E-state index in [1.165, 1.54) is 0 Å². The second kappa shape index (κ2) is 5.75. The summed E-state index contributed by atoms with van der Waals surface area (Å²) < 4.78 is 24.4. The van der Waals surface area contributed by atoms with Gasteiger partial charge in [0, 0.05) is 11.9 Å². The fraction of sp³-hybridized carbons (Fsp3) is 1.00. The molecule has 6 heteroatoms. The molecular formula is C6H14ClNO3S. The van der Waals surface area contributed by atoms with E-state index in [1.54, 1.807) is 6.92 Å². The van der Waals surface area contributed by atoms with Gasteiger partial charge in [0.1, 0.15) is 0 Å². The molecule has 0 aliphatic carbocycles. The third-order valence-electron chi connectivity index (χ3n) is 1.41. The van der Waals surface area contributed by atoms with Crippen LogP contribution in [-0.2, 0) is 10.0 Å². The molecule has 12 heavy (non-hydrogen) atoms. The maximum atomic E-state index is 11.1. The van der Waals surface area contributed by atoms with Crippen molar-refractivity contribution in [2.75, 3.05) is 18.2 Å². The van der Waals surface area contributed by atoms with Crippen LogP contribution >= 0.6 is 11.6 Å². The maximum absolute atomic E-state index is 11.1. The minimum Gasteiger partial charge on any atom is -0.395 e. The molecule has 0 aromatic carbocycles. The van der Waals surface area contributed by atoms with Gasteiger partial charge in [-0.2, -0.15) is 0 Å². The number of halogens is 1. The van der Waals surface area contributed by atoms with E-state index in [9.17, 15) is 8.42 Å². The summed E-state index contributed by atoms with van der Waals surface area (Å²) in [5, 5.41) is 8.70. The zero-order valence-corrected chi connectivity index (χ0v) is 8.53. The van der Waals surface area contributed by atoms with Crippen molar-refractivity contribution in [3.63, 3.8) is 0 Å². The summed E-state index contributed by atoms with van der Waals surface area (Å²) >= 11 is 5.27. The van der Waals surface area contributed by atoms with E-state index in [4.69, 9.17) is 16.7 Å². The van der Waals surface area contributed by atoms with Gasteiger partial charge >= 0.3 is 0 Å². The summed E-state index contributed by atoms with van der Waals surface area (Å²) in [6.45, 7) is 1.61. The van der Waals surface area contributed by atoms with Crippen LogP contribution in [0.2, 0.25) is 0 Å². The van der Waals surface area contributed by atoms with Crippen molar-refractivity contribution in [2.24, 2.45) is 0 Å². The maximum Gasteiger partial charge on any atom is 0.213 e. The first-order valence-electron chi connectivity index (χ1n) is 3.72. The fourth-order valence-electron chi connectivity index (χ4n) is 0.664. The van der Waals surface area contributed by atoms with E-state index in [-0.39, 0.29) is 18.2 Å². The molecule has 0 aliphatic rings. The second-order valence-corrected chi connectivity index (χ2v) is 4.66. The first-order valence-corrected chi connectivity index (χ1v) is 5.91. The van der Waals surface area contributed by atoms with Gasteiger partial charge in [-0.15, -0.1) is 11.6 Å². The summed E-state index contributed by atoms with van der Waals surface area (Å²) in [7, 11) is -3.30. The average molecular weight is 216 g/mol. The highest BCUT2D eigenvalue weighted by Crippen LogP contribution is 1.94. The van der Waals surface area contributed by atoms with Gasteiger partial charge in [0.15, 0.2) is 0 Å². The first-order chi connectivity index (χ1) is 5.55. The molecule has 1 atom stereocenters. The lowest BCUT2D eigenvalue weighted by molar-refractivity contribution is 0.254. The molecule has 0 saturated heterocycles. The Hall–Kier alpha value is 0.160. The molecule has 0 heterocycles. The summed E-state index contributed by atoms with van der Waals surface area (Å²) in [4.78, 5) is 0. The Morgan fingerprint density at radius 3 is 2.50 bits per heavy atom. The van der Waals surface area contributed by atoms with Gasteiger partial charge in [0.25, 0.3) is 0 Å². The number of sulfonamides is 1. The Labute approximate surface area is 78.0 Å². The second-order valence-electron chi connectivity index (χ2n) is 2.41. The van der Waals surface area contributed by atoms with Crippen molar-refractivity contribution in [2.45, 2.75) is 19.4 Å². The molecule has 0 aromatic heterocycles. The summed E-state index contributed by atoms with van der Waals surface area (Å²) in [5.74, 6) is -0.0394. The Morgan fingerprint density at radius 1 is 1.58 bits per heavy atom. The van der Waals surface area contributed by atoms with Crippen LogP contribution in [0.1, 0.15) is 13.3 Å². The number of rotatable bonds is 6. The zero-order valence-electron chi connectivity index (χ0n) is 6.96. The highest BCUT2D eigenvalue weighted by atomic mass is 35.5. The Morgan fingerprint density at radius 2 is 2.17 bits per heavy atom. The van der Waals surface area contributed by atoms with Crippen LogP contribution in [0.4, 0.5) is 0 Å². The monoisotopic (exact) mass is 215 g/mol. The Balaban J connectivity index is 4.03. The minimum atomic E-state index is -3.30. The van der Waals surface area contributed by atoms with Gasteiger partial charge in [0.2, 0.25) is 10.0 Å². The topological polar surface area (TPSA) is 66.4 Å². The van der Waals surface area contributed by atoms with E-state index < -0.39 is 16.1 Å². The van der Waals surface area contributed by atoms with Crippen molar-refractivity contribution in [3.05, 3.63) is 0 Å². The number of alkyl halides is 1. The van der Waals surface area contributed by atoms with Crippen LogP contribution in [0.3, 0.4) is 0 Å². The highest BCUT2D eigenvalue weighted by molar-refractivity contribution is 7.89. The molecule has 0 fully saturated rings. The van der Waals surface area contributed by atoms with Gasteiger partial charge in [-0.05, 0) is 6.42 Å². The molecule has 0 bridgehead atoms. The molecule has 0 spiro atoms. The molecule has 0 amide bonds. The molecule has 0 saturated carbocycles. The van der Waals surface area contributed by atoms with Crippen molar-refractivity contribution in [1.29, 1.82) is 0 Å². The summed E-state index contributed by atoms with van der Waals surface area (Å²) in [6, 6.07) is -0.391. The molecule has 2 N–H and O–H groups in total. The standard InChI is InChI=1S/C6H14ClNO3S/c1-2-6(5-9)8-12(10,11)4-3-7/h6,8-9H,2-5H2,1H3/t6-/m0/s1. The minimum absolute atomic E-state index is 0.0667. The number of hydrogen-bond acceptors (Lipinski definition) is 3. The van der Waals surface area contributed by atoms with Crippen molar-refractivity contribution >= 4 is 21.6 Å². The number of aliphatic hydroxyl groups is 1. The first kappa shape index (κ1) is 12.2. The SMILES string of the molecule is CC[C@@H](CO)NS(=O)(=O)CCCl. The highest BCUT2D eigenvalue weighted by Gasteiger charge is 2.14. The van der Waals surface area contributed by atoms with E-state index in [2.05, 4.69) is 4.72 Å². The largest absolute Gasteiger partial charge is 0.395 e. The predicted molar refractivity (Wildman–Crippen MR) is 48.8 cm³/mol. The Bertz CT molecular complexity index is 201. The van der Waals surface area contributed by atoms with Crippen LogP contribution in [0, 0.1) is 0 Å². The lowest BCUT2D eigenvalue weighted by Crippen LogP contribution is -2.38. The lowest BCUT2D eigenvalue weighted by Gasteiger charge is -2.13. The number of nitrogens with one attached hydrogen (secondary N) is 1. The van der Waals surface area contributed by atoms with Crippen LogP contribution in [0.25, 0.3) is 0 Å². The van der Waals surface area contributed by atoms with Crippen LogP contribution in [0.5, 0.6) is 0 Å². The third kappa shape index (κ3) is 4.92. The van der Waals surface area contributed by atoms with Crippen molar-refractivity contribution in [3.8, 4) is 0 Å². The van der Waals surface area contributed by atoms with Crippen molar-refractivity contribution < 1.29 is 13.5 Å². The van der Waals surface area contributed by atoms with Crippen LogP contribution in [0.15, 0.2) is 0 Å². The van der Waals surface area contributed by atoms with E-state index in [1.807, 2.05) is 0 Å².